The Hall–Kier alpha value is -2.83. The van der Waals surface area contributed by atoms with Crippen LogP contribution in [0.1, 0.15) is 10.5 Å². The van der Waals surface area contributed by atoms with Crippen molar-refractivity contribution in [2.75, 3.05) is 17.2 Å². The van der Waals surface area contributed by atoms with Crippen molar-refractivity contribution in [2.24, 2.45) is 0 Å². The van der Waals surface area contributed by atoms with Gasteiger partial charge >= 0.3 is 0 Å². The lowest BCUT2D eigenvalue weighted by atomic mass is 10.2. The zero-order valence-corrected chi connectivity index (χ0v) is 11.4. The van der Waals surface area contributed by atoms with Crippen molar-refractivity contribution in [2.45, 2.75) is 0 Å². The largest absolute Gasteiger partial charge is 0.381 e. The molecule has 0 bridgehead atoms. The number of pyridine rings is 1. The summed E-state index contributed by atoms with van der Waals surface area (Å²) in [6.45, 7) is 4.04. The Morgan fingerprint density at radius 3 is 2.73 bits per heavy atom. The van der Waals surface area contributed by atoms with E-state index in [1.807, 2.05) is 0 Å². The minimum Gasteiger partial charge on any atom is -0.381 e. The number of hydrogen-bond acceptors (Lipinski definition) is 3. The third-order valence-electron chi connectivity index (χ3n) is 2.73. The fraction of sp³-hybridized carbons (Fsp3) is 0.0667. The number of amides is 1. The van der Waals surface area contributed by atoms with Gasteiger partial charge in [-0.25, -0.2) is 13.2 Å². The quantitative estimate of drug-likeness (QED) is 0.658. The summed E-state index contributed by atoms with van der Waals surface area (Å²) in [6.07, 6.45) is 3.03. The normalized spacial score (nSPS) is 10.1. The molecule has 2 aromatic rings. The summed E-state index contributed by atoms with van der Waals surface area (Å²) in [4.78, 5) is 15.8. The molecule has 0 unspecified atom stereocenters. The van der Waals surface area contributed by atoms with E-state index in [-0.39, 0.29) is 5.69 Å². The van der Waals surface area contributed by atoms with Crippen LogP contribution in [0.15, 0.2) is 43.1 Å². The van der Waals surface area contributed by atoms with Crippen molar-refractivity contribution in [3.8, 4) is 0 Å². The topological polar surface area (TPSA) is 54.0 Å². The Bertz CT molecular complexity index is 719. The predicted octanol–water partition coefficient (Wildman–Crippen LogP) is 3.35. The van der Waals surface area contributed by atoms with E-state index in [1.54, 1.807) is 12.1 Å². The standard InChI is InChI=1S/C15H12F3N3O/c1-2-6-19-9-5-7-20-12(8-9)15(22)21-11-4-3-10(16)13(17)14(11)18/h2-5,7-8H,1,6H2,(H,19,20)(H,21,22). The van der Waals surface area contributed by atoms with Crippen molar-refractivity contribution in [1.29, 1.82) is 0 Å². The molecule has 1 heterocycles. The van der Waals surface area contributed by atoms with Gasteiger partial charge < -0.3 is 10.6 Å². The van der Waals surface area contributed by atoms with E-state index in [9.17, 15) is 18.0 Å². The van der Waals surface area contributed by atoms with E-state index < -0.39 is 29.0 Å². The number of anilines is 2. The van der Waals surface area contributed by atoms with Crippen molar-refractivity contribution in [1.82, 2.24) is 4.98 Å². The van der Waals surface area contributed by atoms with Crippen LogP contribution in [-0.2, 0) is 0 Å². The molecule has 114 valence electrons. The van der Waals surface area contributed by atoms with Gasteiger partial charge in [-0.15, -0.1) is 6.58 Å². The number of carbonyl (C=O) groups excluding carboxylic acids is 1. The molecule has 0 aliphatic heterocycles. The van der Waals surface area contributed by atoms with Gasteiger partial charge in [0, 0.05) is 18.4 Å². The molecule has 0 atom stereocenters. The first-order valence-corrected chi connectivity index (χ1v) is 6.28. The van der Waals surface area contributed by atoms with Crippen LogP contribution in [0.5, 0.6) is 0 Å². The molecular weight excluding hydrogens is 295 g/mol. The van der Waals surface area contributed by atoms with Crippen molar-refractivity contribution >= 4 is 17.3 Å². The smallest absolute Gasteiger partial charge is 0.274 e. The second-order valence-corrected chi connectivity index (χ2v) is 4.28. The molecule has 0 aliphatic carbocycles. The molecule has 4 nitrogen and oxygen atoms in total. The van der Waals surface area contributed by atoms with Crippen LogP contribution in [-0.4, -0.2) is 17.4 Å². The Morgan fingerprint density at radius 2 is 2.00 bits per heavy atom. The fourth-order valence-electron chi connectivity index (χ4n) is 1.66. The van der Waals surface area contributed by atoms with Gasteiger partial charge in [0.15, 0.2) is 17.5 Å². The SMILES string of the molecule is C=CCNc1ccnc(C(=O)Nc2ccc(F)c(F)c2F)c1. The second-order valence-electron chi connectivity index (χ2n) is 4.28. The van der Waals surface area contributed by atoms with Gasteiger partial charge in [-0.05, 0) is 24.3 Å². The summed E-state index contributed by atoms with van der Waals surface area (Å²) in [7, 11) is 0. The number of aromatic nitrogens is 1. The lowest BCUT2D eigenvalue weighted by Gasteiger charge is -2.08. The van der Waals surface area contributed by atoms with E-state index in [0.29, 0.717) is 12.2 Å². The summed E-state index contributed by atoms with van der Waals surface area (Å²) in [6, 6.07) is 4.74. The highest BCUT2D eigenvalue weighted by molar-refractivity contribution is 6.03. The van der Waals surface area contributed by atoms with Gasteiger partial charge in [-0.2, -0.15) is 0 Å². The highest BCUT2D eigenvalue weighted by Gasteiger charge is 2.16. The monoisotopic (exact) mass is 307 g/mol. The zero-order chi connectivity index (χ0) is 16.1. The predicted molar refractivity (Wildman–Crippen MR) is 77.2 cm³/mol. The number of halogens is 3. The molecule has 1 aromatic heterocycles. The van der Waals surface area contributed by atoms with Gasteiger partial charge in [0.2, 0.25) is 0 Å². The number of nitrogens with one attached hydrogen (secondary N) is 2. The van der Waals surface area contributed by atoms with Gasteiger partial charge in [-0.1, -0.05) is 6.08 Å². The molecule has 0 radical (unpaired) electrons. The van der Waals surface area contributed by atoms with Crippen LogP contribution in [0.2, 0.25) is 0 Å². The van der Waals surface area contributed by atoms with Crippen LogP contribution in [0.25, 0.3) is 0 Å². The summed E-state index contributed by atoms with van der Waals surface area (Å²) >= 11 is 0. The van der Waals surface area contributed by atoms with Crippen LogP contribution in [0.4, 0.5) is 24.5 Å². The molecule has 1 aromatic carbocycles. The molecule has 0 saturated carbocycles. The van der Waals surface area contributed by atoms with Crippen LogP contribution >= 0.6 is 0 Å². The first kappa shape index (κ1) is 15.6. The molecule has 0 saturated heterocycles. The minimum absolute atomic E-state index is 0.00167. The van der Waals surface area contributed by atoms with Crippen molar-refractivity contribution in [3.63, 3.8) is 0 Å². The van der Waals surface area contributed by atoms with E-state index >= 15 is 0 Å². The Morgan fingerprint density at radius 1 is 1.23 bits per heavy atom. The van der Waals surface area contributed by atoms with E-state index in [2.05, 4.69) is 22.2 Å². The van der Waals surface area contributed by atoms with Gasteiger partial charge in [0.1, 0.15) is 5.69 Å². The Balaban J connectivity index is 2.19. The maximum absolute atomic E-state index is 13.5. The molecule has 2 N–H and O–H groups in total. The molecule has 0 fully saturated rings. The maximum atomic E-state index is 13.5. The highest BCUT2D eigenvalue weighted by atomic mass is 19.2. The molecule has 7 heteroatoms. The van der Waals surface area contributed by atoms with Crippen LogP contribution < -0.4 is 10.6 Å². The lowest BCUT2D eigenvalue weighted by Crippen LogP contribution is -2.15. The lowest BCUT2D eigenvalue weighted by molar-refractivity contribution is 0.102. The summed E-state index contributed by atoms with van der Waals surface area (Å²) < 4.78 is 39.5. The fourth-order valence-corrected chi connectivity index (χ4v) is 1.66. The van der Waals surface area contributed by atoms with Crippen LogP contribution in [0.3, 0.4) is 0 Å². The molecule has 2 rings (SSSR count). The van der Waals surface area contributed by atoms with Gasteiger partial charge in [0.05, 0.1) is 5.69 Å². The average molecular weight is 307 g/mol. The first-order valence-electron chi connectivity index (χ1n) is 6.28. The molecular formula is C15H12F3N3O. The van der Waals surface area contributed by atoms with Crippen molar-refractivity contribution in [3.05, 3.63) is 66.3 Å². The third-order valence-corrected chi connectivity index (χ3v) is 2.73. The maximum Gasteiger partial charge on any atom is 0.274 e. The molecule has 1 amide bonds. The average Bonchev–Trinajstić information content (AvgIpc) is 2.53. The second kappa shape index (κ2) is 6.75. The highest BCUT2D eigenvalue weighted by Crippen LogP contribution is 2.20. The molecule has 0 spiro atoms. The number of hydrogen-bond donors (Lipinski definition) is 2. The summed E-state index contributed by atoms with van der Waals surface area (Å²) in [5.74, 6) is -5.18. The summed E-state index contributed by atoms with van der Waals surface area (Å²) in [5, 5.41) is 5.11. The molecule has 0 aliphatic rings. The number of rotatable bonds is 5. The van der Waals surface area contributed by atoms with Crippen molar-refractivity contribution < 1.29 is 18.0 Å². The minimum atomic E-state index is -1.65. The van der Waals surface area contributed by atoms with Gasteiger partial charge in [0.25, 0.3) is 5.91 Å². The number of nitrogens with zero attached hydrogens (tertiary/aromatic N) is 1. The van der Waals surface area contributed by atoms with Gasteiger partial charge in [-0.3, -0.25) is 9.78 Å². The first-order chi connectivity index (χ1) is 10.5. The third kappa shape index (κ3) is 3.43. The number of carbonyl (C=O) groups is 1. The van der Waals surface area contributed by atoms with E-state index in [4.69, 9.17) is 0 Å². The zero-order valence-electron chi connectivity index (χ0n) is 11.4. The van der Waals surface area contributed by atoms with E-state index in [0.717, 1.165) is 12.1 Å². The van der Waals surface area contributed by atoms with E-state index in [1.165, 1.54) is 12.3 Å². The summed E-state index contributed by atoms with van der Waals surface area (Å²) in [5.41, 5.74) is 0.152. The van der Waals surface area contributed by atoms with Crippen LogP contribution in [0, 0.1) is 17.5 Å². The number of benzene rings is 1. The Kier molecular flexibility index (Phi) is 4.77. The molecule has 22 heavy (non-hydrogen) atoms. The Labute approximate surface area is 124 Å².